The average Bonchev–Trinajstić information content (AvgIpc) is 3.05. The van der Waals surface area contributed by atoms with Gasteiger partial charge in [-0.3, -0.25) is 4.57 Å². The number of anilines is 1. The van der Waals surface area contributed by atoms with Crippen molar-refractivity contribution in [1.29, 1.82) is 0 Å². The van der Waals surface area contributed by atoms with E-state index in [0.29, 0.717) is 0 Å². The minimum Gasteiger partial charge on any atom is -0.392 e. The Labute approximate surface area is 148 Å². The highest BCUT2D eigenvalue weighted by Crippen LogP contribution is 2.26. The Bertz CT molecular complexity index is 620. The maximum absolute atomic E-state index is 10.3. The van der Waals surface area contributed by atoms with Gasteiger partial charge in [-0.1, -0.05) is 44.2 Å². The molecule has 1 saturated heterocycles. The molecule has 0 bridgehead atoms. The van der Waals surface area contributed by atoms with E-state index in [-0.39, 0.29) is 5.92 Å². The number of aliphatic hydroxyl groups is 1. The highest BCUT2D eigenvalue weighted by molar-refractivity contribution is 7.99. The number of hydrogen-bond acceptors (Lipinski definition) is 5. The lowest BCUT2D eigenvalue weighted by atomic mass is 10.0. The van der Waals surface area contributed by atoms with Gasteiger partial charge in [0.25, 0.3) is 0 Å². The first-order valence-corrected chi connectivity index (χ1v) is 9.84. The van der Waals surface area contributed by atoms with Gasteiger partial charge in [0.05, 0.1) is 12.6 Å². The highest BCUT2D eigenvalue weighted by Gasteiger charge is 2.26. The van der Waals surface area contributed by atoms with E-state index in [0.717, 1.165) is 49.3 Å². The topological polar surface area (TPSA) is 54.2 Å². The molecule has 2 aromatic rings. The van der Waals surface area contributed by atoms with Crippen molar-refractivity contribution < 1.29 is 5.11 Å². The second kappa shape index (κ2) is 8.03. The lowest BCUT2D eigenvalue weighted by Crippen LogP contribution is -2.35. The third-order valence-corrected chi connectivity index (χ3v) is 5.58. The normalized spacial score (nSPS) is 17.7. The van der Waals surface area contributed by atoms with Crippen LogP contribution in [0, 0.1) is 0 Å². The fourth-order valence-corrected chi connectivity index (χ4v) is 3.99. The second-order valence-electron chi connectivity index (χ2n) is 6.29. The Morgan fingerprint density at radius 3 is 2.54 bits per heavy atom. The quantitative estimate of drug-likeness (QED) is 0.872. The van der Waals surface area contributed by atoms with Crippen molar-refractivity contribution in [3.8, 4) is 0 Å². The summed E-state index contributed by atoms with van der Waals surface area (Å²) in [6.07, 6.45) is 0.322. The molecule has 1 aliphatic heterocycles. The van der Waals surface area contributed by atoms with E-state index >= 15 is 0 Å². The Kier molecular flexibility index (Phi) is 5.79. The van der Waals surface area contributed by atoms with Crippen molar-refractivity contribution in [2.45, 2.75) is 38.8 Å². The second-order valence-corrected chi connectivity index (χ2v) is 7.52. The van der Waals surface area contributed by atoms with Gasteiger partial charge in [-0.15, -0.1) is 10.2 Å². The first-order valence-electron chi connectivity index (χ1n) is 8.68. The summed E-state index contributed by atoms with van der Waals surface area (Å²) in [6, 6.07) is 10.4. The summed E-state index contributed by atoms with van der Waals surface area (Å²) in [5.74, 6) is 4.03. The molecule has 5 nitrogen and oxygen atoms in total. The maximum atomic E-state index is 10.3. The van der Waals surface area contributed by atoms with Crippen LogP contribution in [0.3, 0.4) is 0 Å². The summed E-state index contributed by atoms with van der Waals surface area (Å²) in [5, 5.41) is 19.2. The number of hydrogen-bond donors (Lipinski definition) is 1. The molecule has 2 heterocycles. The van der Waals surface area contributed by atoms with Gasteiger partial charge >= 0.3 is 0 Å². The van der Waals surface area contributed by atoms with Crippen molar-refractivity contribution >= 4 is 17.7 Å². The molecule has 130 valence electrons. The van der Waals surface area contributed by atoms with E-state index in [2.05, 4.69) is 43.9 Å². The van der Waals surface area contributed by atoms with Crippen LogP contribution in [0.15, 0.2) is 30.3 Å². The van der Waals surface area contributed by atoms with E-state index in [1.54, 1.807) is 0 Å². The molecule has 24 heavy (non-hydrogen) atoms. The van der Waals surface area contributed by atoms with Crippen molar-refractivity contribution in [2.75, 3.05) is 29.5 Å². The SMILES string of the molecule is CCC(O)C(C)c1nnc(N2CCSCC2)n1Cc1ccccc1. The zero-order valence-corrected chi connectivity index (χ0v) is 15.2. The Hall–Kier alpha value is -1.53. The molecular weight excluding hydrogens is 320 g/mol. The van der Waals surface area contributed by atoms with Gasteiger partial charge in [0.1, 0.15) is 5.82 Å². The molecule has 0 spiro atoms. The molecule has 0 saturated carbocycles. The molecule has 0 aliphatic carbocycles. The smallest absolute Gasteiger partial charge is 0.227 e. The molecule has 1 fully saturated rings. The maximum Gasteiger partial charge on any atom is 0.227 e. The van der Waals surface area contributed by atoms with Crippen LogP contribution in [0.4, 0.5) is 5.95 Å². The zero-order chi connectivity index (χ0) is 16.9. The van der Waals surface area contributed by atoms with Gasteiger partial charge in [0.2, 0.25) is 5.95 Å². The third-order valence-electron chi connectivity index (χ3n) is 4.64. The predicted molar refractivity (Wildman–Crippen MR) is 99.8 cm³/mol. The van der Waals surface area contributed by atoms with Crippen LogP contribution in [-0.4, -0.2) is 50.6 Å². The average molecular weight is 347 g/mol. The Balaban J connectivity index is 1.94. The van der Waals surface area contributed by atoms with Gasteiger partial charge in [-0.25, -0.2) is 0 Å². The molecule has 2 unspecified atom stereocenters. The van der Waals surface area contributed by atoms with Crippen molar-refractivity contribution in [3.63, 3.8) is 0 Å². The molecule has 1 aromatic carbocycles. The number of thioether (sulfide) groups is 1. The minimum absolute atomic E-state index is 0.0286. The Morgan fingerprint density at radius 1 is 1.17 bits per heavy atom. The van der Waals surface area contributed by atoms with Crippen LogP contribution in [0.5, 0.6) is 0 Å². The lowest BCUT2D eigenvalue weighted by molar-refractivity contribution is 0.140. The summed E-state index contributed by atoms with van der Waals surface area (Å²) >= 11 is 1.99. The van der Waals surface area contributed by atoms with Crippen molar-refractivity contribution in [1.82, 2.24) is 14.8 Å². The van der Waals surface area contributed by atoms with Gasteiger partial charge in [-0.2, -0.15) is 11.8 Å². The molecule has 0 radical (unpaired) electrons. The van der Waals surface area contributed by atoms with Crippen LogP contribution in [0.25, 0.3) is 0 Å². The third kappa shape index (κ3) is 3.75. The summed E-state index contributed by atoms with van der Waals surface area (Å²) < 4.78 is 2.19. The van der Waals surface area contributed by atoms with E-state index in [1.165, 1.54) is 5.56 Å². The molecule has 1 N–H and O–H groups in total. The van der Waals surface area contributed by atoms with E-state index in [1.807, 2.05) is 31.7 Å². The number of benzene rings is 1. The van der Waals surface area contributed by atoms with Gasteiger partial charge in [-0.05, 0) is 12.0 Å². The van der Waals surface area contributed by atoms with Crippen LogP contribution in [-0.2, 0) is 6.54 Å². The van der Waals surface area contributed by atoms with Crippen LogP contribution < -0.4 is 4.90 Å². The van der Waals surface area contributed by atoms with E-state index in [4.69, 9.17) is 0 Å². The van der Waals surface area contributed by atoms with E-state index < -0.39 is 6.10 Å². The van der Waals surface area contributed by atoms with Gasteiger partial charge in [0, 0.05) is 30.5 Å². The van der Waals surface area contributed by atoms with Crippen molar-refractivity contribution in [3.05, 3.63) is 41.7 Å². The van der Waals surface area contributed by atoms with Crippen LogP contribution >= 0.6 is 11.8 Å². The van der Waals surface area contributed by atoms with Crippen LogP contribution in [0.1, 0.15) is 37.6 Å². The molecule has 3 rings (SSSR count). The van der Waals surface area contributed by atoms with E-state index in [9.17, 15) is 5.11 Å². The zero-order valence-electron chi connectivity index (χ0n) is 14.4. The van der Waals surface area contributed by atoms with Crippen LogP contribution in [0.2, 0.25) is 0 Å². The molecule has 2 atom stereocenters. The van der Waals surface area contributed by atoms with Gasteiger partial charge < -0.3 is 10.0 Å². The number of aromatic nitrogens is 3. The molecule has 1 aliphatic rings. The largest absolute Gasteiger partial charge is 0.392 e. The summed E-state index contributed by atoms with van der Waals surface area (Å²) in [5.41, 5.74) is 1.23. The van der Waals surface area contributed by atoms with Gasteiger partial charge in [0.15, 0.2) is 0 Å². The fraction of sp³-hybridized carbons (Fsp3) is 0.556. The Morgan fingerprint density at radius 2 is 1.88 bits per heavy atom. The molecular formula is C18H26N4OS. The summed E-state index contributed by atoms with van der Waals surface area (Å²) in [7, 11) is 0. The molecule has 6 heteroatoms. The summed E-state index contributed by atoms with van der Waals surface area (Å²) in [6.45, 7) is 6.78. The number of aliphatic hydroxyl groups excluding tert-OH is 1. The first kappa shape index (κ1) is 17.3. The fourth-order valence-electron chi connectivity index (χ4n) is 3.08. The molecule has 1 aromatic heterocycles. The number of rotatable bonds is 6. The number of nitrogens with zero attached hydrogens (tertiary/aromatic N) is 4. The molecule has 0 amide bonds. The lowest BCUT2D eigenvalue weighted by Gasteiger charge is -2.28. The first-order chi connectivity index (χ1) is 11.7. The van der Waals surface area contributed by atoms with Crippen molar-refractivity contribution in [2.24, 2.45) is 0 Å². The predicted octanol–water partition coefficient (Wildman–Crippen LogP) is 2.75. The monoisotopic (exact) mass is 346 g/mol. The minimum atomic E-state index is -0.395. The highest BCUT2D eigenvalue weighted by atomic mass is 32.2. The summed E-state index contributed by atoms with van der Waals surface area (Å²) in [4.78, 5) is 2.32. The standard InChI is InChI=1S/C18H26N4OS/c1-3-16(23)14(2)17-19-20-18(21-9-11-24-12-10-21)22(17)13-15-7-5-4-6-8-15/h4-8,14,16,23H,3,9-13H2,1-2H3.